The lowest BCUT2D eigenvalue weighted by molar-refractivity contribution is 0.143. The van der Waals surface area contributed by atoms with Crippen molar-refractivity contribution in [2.75, 3.05) is 26.3 Å². The van der Waals surface area contributed by atoms with Gasteiger partial charge in [0.1, 0.15) is 0 Å². The Hall–Kier alpha value is -0.770. The fourth-order valence-electron chi connectivity index (χ4n) is 1.84. The second kappa shape index (κ2) is 15.3. The third-order valence-electron chi connectivity index (χ3n) is 3.02. The van der Waals surface area contributed by atoms with Crippen molar-refractivity contribution in [1.29, 1.82) is 0 Å². The number of hydrogen-bond donors (Lipinski definition) is 2. The van der Waals surface area contributed by atoms with Gasteiger partial charge in [-0.1, -0.05) is 39.0 Å². The highest BCUT2D eigenvalue weighted by atomic mass is 16.5. The van der Waals surface area contributed by atoms with Crippen LogP contribution in [0.5, 0.6) is 0 Å². The maximum atomic E-state index is 5.78. The molecule has 0 bridgehead atoms. The molecule has 0 aliphatic heterocycles. The summed E-state index contributed by atoms with van der Waals surface area (Å²) >= 11 is 0. The van der Waals surface area contributed by atoms with E-state index in [0.29, 0.717) is 5.96 Å². The Bertz CT molecular complexity index is 208. The highest BCUT2D eigenvalue weighted by molar-refractivity contribution is 5.77. The SMILES string of the molecule is CCCCCCCCN=C(N)NCCCCOCC. The number of nitrogens with two attached hydrogens (primary N) is 1. The molecule has 0 amide bonds. The Morgan fingerprint density at radius 3 is 2.47 bits per heavy atom. The Kier molecular flexibility index (Phi) is 14.7. The quantitative estimate of drug-likeness (QED) is 0.307. The molecule has 0 rings (SSSR count). The van der Waals surface area contributed by atoms with E-state index in [4.69, 9.17) is 10.5 Å². The molecule has 0 radical (unpaired) electrons. The number of ether oxygens (including phenoxy) is 1. The van der Waals surface area contributed by atoms with Gasteiger partial charge in [0.15, 0.2) is 5.96 Å². The Labute approximate surface area is 119 Å². The molecule has 114 valence electrons. The van der Waals surface area contributed by atoms with Crippen molar-refractivity contribution in [2.24, 2.45) is 10.7 Å². The lowest BCUT2D eigenvalue weighted by Crippen LogP contribution is -2.32. The third kappa shape index (κ3) is 15.2. The van der Waals surface area contributed by atoms with E-state index in [0.717, 1.165) is 45.6 Å². The van der Waals surface area contributed by atoms with E-state index in [2.05, 4.69) is 17.2 Å². The van der Waals surface area contributed by atoms with Crippen LogP contribution in [0.25, 0.3) is 0 Å². The molecule has 0 aliphatic carbocycles. The molecule has 3 N–H and O–H groups in total. The summed E-state index contributed by atoms with van der Waals surface area (Å²) in [5, 5.41) is 3.14. The first-order valence-corrected chi connectivity index (χ1v) is 7.92. The minimum atomic E-state index is 0.588. The molecule has 0 heterocycles. The van der Waals surface area contributed by atoms with E-state index in [1.807, 2.05) is 6.92 Å². The summed E-state index contributed by atoms with van der Waals surface area (Å²) in [4.78, 5) is 4.33. The smallest absolute Gasteiger partial charge is 0.188 e. The molecule has 0 aromatic heterocycles. The second-order valence-electron chi connectivity index (χ2n) is 4.87. The molecule has 4 nitrogen and oxygen atoms in total. The zero-order valence-corrected chi connectivity index (χ0v) is 12.9. The number of unbranched alkanes of at least 4 members (excludes halogenated alkanes) is 6. The van der Waals surface area contributed by atoms with Gasteiger partial charge in [-0.05, 0) is 26.2 Å². The molecule has 0 aliphatic rings. The summed E-state index contributed by atoms with van der Waals surface area (Å²) in [6.07, 6.45) is 9.91. The first-order valence-electron chi connectivity index (χ1n) is 7.92. The van der Waals surface area contributed by atoms with Crippen molar-refractivity contribution in [3.63, 3.8) is 0 Å². The largest absolute Gasteiger partial charge is 0.382 e. The first-order chi connectivity index (χ1) is 9.31. The summed E-state index contributed by atoms with van der Waals surface area (Å²) in [7, 11) is 0. The minimum Gasteiger partial charge on any atom is -0.382 e. The molecule has 0 saturated carbocycles. The molecule has 0 unspecified atom stereocenters. The Morgan fingerprint density at radius 1 is 1.00 bits per heavy atom. The zero-order valence-electron chi connectivity index (χ0n) is 12.9. The van der Waals surface area contributed by atoms with Crippen LogP contribution in [0.4, 0.5) is 0 Å². The zero-order chi connectivity index (χ0) is 14.2. The maximum Gasteiger partial charge on any atom is 0.188 e. The fourth-order valence-corrected chi connectivity index (χ4v) is 1.84. The topological polar surface area (TPSA) is 59.6 Å². The predicted octanol–water partition coefficient (Wildman–Crippen LogP) is 3.07. The summed E-state index contributed by atoms with van der Waals surface area (Å²) in [5.74, 6) is 0.588. The number of nitrogens with one attached hydrogen (secondary N) is 1. The fraction of sp³-hybridized carbons (Fsp3) is 0.933. The summed E-state index contributed by atoms with van der Waals surface area (Å²) in [6.45, 7) is 7.64. The number of nitrogens with zero attached hydrogens (tertiary/aromatic N) is 1. The number of guanidine groups is 1. The lowest BCUT2D eigenvalue weighted by Gasteiger charge is -2.05. The molecule has 0 aromatic carbocycles. The molecular formula is C15H33N3O. The molecule has 0 atom stereocenters. The van der Waals surface area contributed by atoms with Crippen molar-refractivity contribution in [3.8, 4) is 0 Å². The second-order valence-corrected chi connectivity index (χ2v) is 4.87. The highest BCUT2D eigenvalue weighted by Gasteiger charge is 1.93. The molecule has 0 saturated heterocycles. The van der Waals surface area contributed by atoms with Crippen LogP contribution in [-0.4, -0.2) is 32.3 Å². The minimum absolute atomic E-state index is 0.588. The van der Waals surface area contributed by atoms with E-state index in [1.165, 1.54) is 32.1 Å². The molecule has 0 fully saturated rings. The van der Waals surface area contributed by atoms with E-state index in [9.17, 15) is 0 Å². The van der Waals surface area contributed by atoms with E-state index in [-0.39, 0.29) is 0 Å². The van der Waals surface area contributed by atoms with Gasteiger partial charge in [-0.15, -0.1) is 0 Å². The van der Waals surface area contributed by atoms with Crippen LogP contribution >= 0.6 is 0 Å². The Morgan fingerprint density at radius 2 is 1.74 bits per heavy atom. The predicted molar refractivity (Wildman–Crippen MR) is 83.6 cm³/mol. The average Bonchev–Trinajstić information content (AvgIpc) is 2.41. The van der Waals surface area contributed by atoms with Gasteiger partial charge in [-0.2, -0.15) is 0 Å². The monoisotopic (exact) mass is 271 g/mol. The van der Waals surface area contributed by atoms with Gasteiger partial charge >= 0.3 is 0 Å². The van der Waals surface area contributed by atoms with Gasteiger partial charge in [-0.3, -0.25) is 4.99 Å². The van der Waals surface area contributed by atoms with Gasteiger partial charge in [-0.25, -0.2) is 0 Å². The van der Waals surface area contributed by atoms with Gasteiger partial charge in [0, 0.05) is 26.3 Å². The summed E-state index contributed by atoms with van der Waals surface area (Å²) < 4.78 is 5.27. The van der Waals surface area contributed by atoms with E-state index in [1.54, 1.807) is 0 Å². The standard InChI is InChI=1S/C15H33N3O/c1-3-5-6-7-8-9-12-17-15(16)18-13-10-11-14-19-4-2/h3-14H2,1-2H3,(H3,16,17,18). The van der Waals surface area contributed by atoms with E-state index >= 15 is 0 Å². The van der Waals surface area contributed by atoms with Gasteiger partial charge in [0.2, 0.25) is 0 Å². The van der Waals surface area contributed by atoms with Crippen molar-refractivity contribution in [1.82, 2.24) is 5.32 Å². The van der Waals surface area contributed by atoms with Gasteiger partial charge in [0.05, 0.1) is 0 Å². The average molecular weight is 271 g/mol. The summed E-state index contributed by atoms with van der Waals surface area (Å²) in [5.41, 5.74) is 5.78. The molecular weight excluding hydrogens is 238 g/mol. The number of aliphatic imine (C=N–C) groups is 1. The number of hydrogen-bond acceptors (Lipinski definition) is 2. The third-order valence-corrected chi connectivity index (χ3v) is 3.02. The van der Waals surface area contributed by atoms with Crippen LogP contribution in [0.1, 0.15) is 65.2 Å². The lowest BCUT2D eigenvalue weighted by atomic mass is 10.1. The van der Waals surface area contributed by atoms with Crippen LogP contribution in [0.15, 0.2) is 4.99 Å². The maximum absolute atomic E-state index is 5.78. The van der Waals surface area contributed by atoms with Crippen molar-refractivity contribution in [2.45, 2.75) is 65.2 Å². The first kappa shape index (κ1) is 18.2. The van der Waals surface area contributed by atoms with Gasteiger partial charge < -0.3 is 15.8 Å². The van der Waals surface area contributed by atoms with Crippen molar-refractivity contribution in [3.05, 3.63) is 0 Å². The molecule has 0 spiro atoms. The highest BCUT2D eigenvalue weighted by Crippen LogP contribution is 2.04. The normalized spacial score (nSPS) is 11.8. The summed E-state index contributed by atoms with van der Waals surface area (Å²) in [6, 6.07) is 0. The van der Waals surface area contributed by atoms with Crippen LogP contribution in [0.2, 0.25) is 0 Å². The van der Waals surface area contributed by atoms with Crippen LogP contribution < -0.4 is 11.1 Å². The molecule has 4 heteroatoms. The molecule has 19 heavy (non-hydrogen) atoms. The van der Waals surface area contributed by atoms with E-state index < -0.39 is 0 Å². The van der Waals surface area contributed by atoms with Crippen LogP contribution in [-0.2, 0) is 4.74 Å². The molecule has 0 aromatic rings. The Balaban J connectivity index is 3.25. The van der Waals surface area contributed by atoms with Crippen molar-refractivity contribution < 1.29 is 4.74 Å². The van der Waals surface area contributed by atoms with Crippen LogP contribution in [0, 0.1) is 0 Å². The number of rotatable bonds is 13. The van der Waals surface area contributed by atoms with Crippen molar-refractivity contribution >= 4 is 5.96 Å². The van der Waals surface area contributed by atoms with Crippen LogP contribution in [0.3, 0.4) is 0 Å². The van der Waals surface area contributed by atoms with Gasteiger partial charge in [0.25, 0.3) is 0 Å².